The van der Waals surface area contributed by atoms with Crippen LogP contribution in [0, 0.1) is 5.92 Å². The van der Waals surface area contributed by atoms with Crippen LogP contribution in [0.2, 0.25) is 0 Å². The lowest BCUT2D eigenvalue weighted by molar-refractivity contribution is -0.137. The molecule has 3 nitrogen and oxygen atoms in total. The Kier molecular flexibility index (Phi) is 4.37. The van der Waals surface area contributed by atoms with Crippen molar-refractivity contribution in [1.29, 1.82) is 0 Å². The van der Waals surface area contributed by atoms with E-state index in [1.807, 2.05) is 6.07 Å². The van der Waals surface area contributed by atoms with Crippen molar-refractivity contribution < 1.29 is 9.90 Å². The van der Waals surface area contributed by atoms with Gasteiger partial charge in [0.15, 0.2) is 0 Å². The summed E-state index contributed by atoms with van der Waals surface area (Å²) in [6.45, 7) is 3.94. The Morgan fingerprint density at radius 1 is 1.39 bits per heavy atom. The molecule has 1 heterocycles. The van der Waals surface area contributed by atoms with Crippen LogP contribution in [-0.2, 0) is 11.2 Å². The number of aliphatic carboxylic acids is 1. The summed E-state index contributed by atoms with van der Waals surface area (Å²) in [5, 5.41) is 8.73. The summed E-state index contributed by atoms with van der Waals surface area (Å²) in [5.74, 6) is -0.0464. The molecule has 1 saturated heterocycles. The van der Waals surface area contributed by atoms with E-state index in [4.69, 9.17) is 5.11 Å². The minimum atomic E-state index is -0.700. The predicted octanol–water partition coefficient (Wildman–Crippen LogP) is 2.41. The quantitative estimate of drug-likeness (QED) is 0.868. The van der Waals surface area contributed by atoms with Gasteiger partial charge in [0, 0.05) is 12.6 Å². The third-order valence-electron chi connectivity index (χ3n) is 4.00. The molecule has 1 aromatic rings. The number of hydrogen-bond donors (Lipinski definition) is 1. The van der Waals surface area contributed by atoms with Gasteiger partial charge in [0.2, 0.25) is 0 Å². The lowest BCUT2D eigenvalue weighted by atomic mass is 9.93. The summed E-state index contributed by atoms with van der Waals surface area (Å²) < 4.78 is 0. The third kappa shape index (κ3) is 3.33. The maximum atomic E-state index is 10.6. The van der Waals surface area contributed by atoms with E-state index in [9.17, 15) is 4.79 Å². The van der Waals surface area contributed by atoms with Gasteiger partial charge in [0.1, 0.15) is 0 Å². The highest BCUT2D eigenvalue weighted by Gasteiger charge is 2.30. The number of rotatable bonds is 5. The number of benzene rings is 1. The van der Waals surface area contributed by atoms with E-state index in [0.29, 0.717) is 18.5 Å². The van der Waals surface area contributed by atoms with Crippen LogP contribution in [0.1, 0.15) is 25.3 Å². The SMILES string of the molecule is C[C@@H]1[C@H](Cc2ccccc2)CCN1CCC(=O)O. The van der Waals surface area contributed by atoms with Crippen LogP contribution in [-0.4, -0.2) is 35.1 Å². The maximum absolute atomic E-state index is 10.6. The first-order valence-corrected chi connectivity index (χ1v) is 6.66. The summed E-state index contributed by atoms with van der Waals surface area (Å²) in [4.78, 5) is 12.9. The molecule has 1 aliphatic rings. The molecule has 0 aromatic heterocycles. The van der Waals surface area contributed by atoms with Crippen LogP contribution in [0.5, 0.6) is 0 Å². The van der Waals surface area contributed by atoms with Gasteiger partial charge in [0.05, 0.1) is 6.42 Å². The van der Waals surface area contributed by atoms with Gasteiger partial charge in [-0.25, -0.2) is 0 Å². The first kappa shape index (κ1) is 13.1. The molecular weight excluding hydrogens is 226 g/mol. The molecule has 98 valence electrons. The molecule has 0 radical (unpaired) electrons. The zero-order chi connectivity index (χ0) is 13.0. The van der Waals surface area contributed by atoms with Gasteiger partial charge in [-0.2, -0.15) is 0 Å². The van der Waals surface area contributed by atoms with E-state index in [1.54, 1.807) is 0 Å². The number of carboxylic acid groups (broad SMARTS) is 1. The molecule has 18 heavy (non-hydrogen) atoms. The first-order valence-electron chi connectivity index (χ1n) is 6.66. The monoisotopic (exact) mass is 247 g/mol. The molecule has 0 amide bonds. The summed E-state index contributed by atoms with van der Waals surface area (Å²) in [7, 11) is 0. The number of likely N-dealkylation sites (tertiary alicyclic amines) is 1. The Labute approximate surface area is 108 Å². The molecule has 1 aromatic carbocycles. The number of nitrogens with zero attached hydrogens (tertiary/aromatic N) is 1. The first-order chi connectivity index (χ1) is 8.66. The minimum Gasteiger partial charge on any atom is -0.481 e. The average molecular weight is 247 g/mol. The fraction of sp³-hybridized carbons (Fsp3) is 0.533. The zero-order valence-corrected chi connectivity index (χ0v) is 10.9. The van der Waals surface area contributed by atoms with Gasteiger partial charge < -0.3 is 5.11 Å². The van der Waals surface area contributed by atoms with Crippen molar-refractivity contribution >= 4 is 5.97 Å². The molecular formula is C15H21NO2. The highest BCUT2D eigenvalue weighted by molar-refractivity contribution is 5.66. The highest BCUT2D eigenvalue weighted by atomic mass is 16.4. The molecule has 0 spiro atoms. The molecule has 1 N–H and O–H groups in total. The Hall–Kier alpha value is -1.35. The van der Waals surface area contributed by atoms with Crippen LogP contribution < -0.4 is 0 Å². The van der Waals surface area contributed by atoms with E-state index >= 15 is 0 Å². The summed E-state index contributed by atoms with van der Waals surface area (Å²) in [6.07, 6.45) is 2.53. The van der Waals surface area contributed by atoms with Crippen molar-refractivity contribution in [3.05, 3.63) is 35.9 Å². The number of carbonyl (C=O) groups is 1. The lowest BCUT2D eigenvalue weighted by Crippen LogP contribution is -2.32. The van der Waals surface area contributed by atoms with Crippen molar-refractivity contribution in [2.24, 2.45) is 5.92 Å². The van der Waals surface area contributed by atoms with Gasteiger partial charge in [-0.15, -0.1) is 0 Å². The molecule has 0 saturated carbocycles. The fourth-order valence-electron chi connectivity index (χ4n) is 2.82. The number of carboxylic acids is 1. The van der Waals surface area contributed by atoms with E-state index in [2.05, 4.69) is 36.1 Å². The highest BCUT2D eigenvalue weighted by Crippen LogP contribution is 2.27. The van der Waals surface area contributed by atoms with Crippen LogP contribution in [0.15, 0.2) is 30.3 Å². The van der Waals surface area contributed by atoms with Crippen molar-refractivity contribution in [2.75, 3.05) is 13.1 Å². The van der Waals surface area contributed by atoms with Gasteiger partial charge in [-0.05, 0) is 37.8 Å². The molecule has 2 rings (SSSR count). The largest absolute Gasteiger partial charge is 0.481 e. The molecule has 3 heteroatoms. The van der Waals surface area contributed by atoms with Crippen LogP contribution >= 0.6 is 0 Å². The molecule has 1 aliphatic heterocycles. The molecule has 2 atom stereocenters. The van der Waals surface area contributed by atoms with Crippen molar-refractivity contribution in [3.8, 4) is 0 Å². The predicted molar refractivity (Wildman–Crippen MR) is 71.5 cm³/mol. The van der Waals surface area contributed by atoms with Gasteiger partial charge >= 0.3 is 5.97 Å². The van der Waals surface area contributed by atoms with Gasteiger partial charge in [-0.3, -0.25) is 9.69 Å². The lowest BCUT2D eigenvalue weighted by Gasteiger charge is -2.24. The summed E-state index contributed by atoms with van der Waals surface area (Å²) in [5.41, 5.74) is 1.38. The van der Waals surface area contributed by atoms with E-state index in [1.165, 1.54) is 12.0 Å². The Balaban J connectivity index is 1.87. The summed E-state index contributed by atoms with van der Waals surface area (Å²) >= 11 is 0. The fourth-order valence-corrected chi connectivity index (χ4v) is 2.82. The van der Waals surface area contributed by atoms with Gasteiger partial charge in [-0.1, -0.05) is 30.3 Å². The van der Waals surface area contributed by atoms with E-state index < -0.39 is 5.97 Å². The molecule has 0 unspecified atom stereocenters. The third-order valence-corrected chi connectivity index (χ3v) is 4.00. The van der Waals surface area contributed by atoms with Crippen molar-refractivity contribution in [3.63, 3.8) is 0 Å². The second-order valence-corrected chi connectivity index (χ2v) is 5.16. The number of hydrogen-bond acceptors (Lipinski definition) is 2. The summed E-state index contributed by atoms with van der Waals surface area (Å²) in [6, 6.07) is 11.0. The van der Waals surface area contributed by atoms with E-state index in [0.717, 1.165) is 13.0 Å². The minimum absolute atomic E-state index is 0.252. The second-order valence-electron chi connectivity index (χ2n) is 5.16. The van der Waals surface area contributed by atoms with Crippen LogP contribution in [0.3, 0.4) is 0 Å². The molecule has 0 aliphatic carbocycles. The molecule has 0 bridgehead atoms. The maximum Gasteiger partial charge on any atom is 0.304 e. The Bertz CT molecular complexity index is 391. The standard InChI is InChI=1S/C15H21NO2/c1-12-14(11-13-5-3-2-4-6-13)7-9-16(12)10-8-15(17)18/h2-6,12,14H,7-11H2,1H3,(H,17,18)/t12-,14+/m1/s1. The Morgan fingerprint density at radius 3 is 2.78 bits per heavy atom. The topological polar surface area (TPSA) is 40.5 Å². The Morgan fingerprint density at radius 2 is 2.11 bits per heavy atom. The van der Waals surface area contributed by atoms with E-state index in [-0.39, 0.29) is 6.42 Å². The zero-order valence-electron chi connectivity index (χ0n) is 10.9. The van der Waals surface area contributed by atoms with Crippen LogP contribution in [0.25, 0.3) is 0 Å². The van der Waals surface area contributed by atoms with Gasteiger partial charge in [0.25, 0.3) is 0 Å². The average Bonchev–Trinajstić information content (AvgIpc) is 2.70. The normalized spacial score (nSPS) is 24.3. The van der Waals surface area contributed by atoms with Crippen molar-refractivity contribution in [1.82, 2.24) is 4.90 Å². The molecule has 1 fully saturated rings. The van der Waals surface area contributed by atoms with Crippen LogP contribution in [0.4, 0.5) is 0 Å². The smallest absolute Gasteiger partial charge is 0.304 e. The second kappa shape index (κ2) is 6.01. The van der Waals surface area contributed by atoms with Crippen molar-refractivity contribution in [2.45, 2.75) is 32.2 Å².